The van der Waals surface area contributed by atoms with E-state index in [0.717, 1.165) is 21.5 Å². The van der Waals surface area contributed by atoms with Crippen LogP contribution in [0.1, 0.15) is 18.5 Å². The van der Waals surface area contributed by atoms with E-state index < -0.39 is 0 Å². The highest BCUT2D eigenvalue weighted by molar-refractivity contribution is 9.10. The number of phenols is 2. The lowest BCUT2D eigenvalue weighted by molar-refractivity contribution is 0.416. The van der Waals surface area contributed by atoms with E-state index in [4.69, 9.17) is 4.74 Å². The summed E-state index contributed by atoms with van der Waals surface area (Å²) in [5.41, 5.74) is 1.61. The summed E-state index contributed by atoms with van der Waals surface area (Å²) in [4.78, 5) is 0. The lowest BCUT2D eigenvalue weighted by atomic mass is 10.1. The molecule has 0 heterocycles. The Bertz CT molecular complexity index is 596. The van der Waals surface area contributed by atoms with Gasteiger partial charge < -0.3 is 20.3 Å². The van der Waals surface area contributed by atoms with Gasteiger partial charge in [-0.05, 0) is 42.8 Å². The number of phenolic OH excluding ortho intramolecular Hbond substituents is 2. The highest BCUT2D eigenvalue weighted by atomic mass is 79.9. The van der Waals surface area contributed by atoms with Crippen molar-refractivity contribution in [3.63, 3.8) is 0 Å². The van der Waals surface area contributed by atoms with Crippen molar-refractivity contribution in [3.05, 3.63) is 46.4 Å². The summed E-state index contributed by atoms with van der Waals surface area (Å²) in [5, 5.41) is 22.4. The van der Waals surface area contributed by atoms with Crippen LogP contribution in [-0.2, 0) is 0 Å². The Hall–Kier alpha value is -1.88. The fourth-order valence-corrected chi connectivity index (χ4v) is 2.34. The zero-order valence-electron chi connectivity index (χ0n) is 11.2. The minimum atomic E-state index is -0.101. The molecule has 2 rings (SSSR count). The fourth-order valence-electron chi connectivity index (χ4n) is 1.98. The Morgan fingerprint density at radius 1 is 1.10 bits per heavy atom. The van der Waals surface area contributed by atoms with E-state index >= 15 is 0 Å². The third kappa shape index (κ3) is 3.36. The molecule has 0 amide bonds. The molecule has 0 aliphatic rings. The topological polar surface area (TPSA) is 61.7 Å². The lowest BCUT2D eigenvalue weighted by Crippen LogP contribution is -2.07. The number of nitrogens with one attached hydrogen (secondary N) is 1. The van der Waals surface area contributed by atoms with Crippen molar-refractivity contribution in [2.24, 2.45) is 0 Å². The molecule has 0 aromatic heterocycles. The molecule has 4 nitrogen and oxygen atoms in total. The molecule has 1 unspecified atom stereocenters. The van der Waals surface area contributed by atoms with Crippen LogP contribution < -0.4 is 10.1 Å². The normalized spacial score (nSPS) is 11.9. The molecule has 0 radical (unpaired) electrons. The van der Waals surface area contributed by atoms with Gasteiger partial charge in [0.15, 0.2) is 0 Å². The molecule has 0 saturated carbocycles. The molecule has 106 valence electrons. The van der Waals surface area contributed by atoms with Crippen molar-refractivity contribution < 1.29 is 14.9 Å². The van der Waals surface area contributed by atoms with Gasteiger partial charge >= 0.3 is 0 Å². The van der Waals surface area contributed by atoms with Crippen LogP contribution in [0.25, 0.3) is 0 Å². The minimum Gasteiger partial charge on any atom is -0.508 e. The summed E-state index contributed by atoms with van der Waals surface area (Å²) in [6.07, 6.45) is 0. The zero-order valence-corrected chi connectivity index (χ0v) is 12.8. The SMILES string of the molecule is COc1ccc(Br)cc1NC(C)c1cc(O)cc(O)c1. The second-order valence-corrected chi connectivity index (χ2v) is 5.41. The largest absolute Gasteiger partial charge is 0.508 e. The van der Waals surface area contributed by atoms with Gasteiger partial charge in [0, 0.05) is 16.6 Å². The summed E-state index contributed by atoms with van der Waals surface area (Å²) in [7, 11) is 1.61. The molecule has 0 aliphatic carbocycles. The first kappa shape index (κ1) is 14.5. The van der Waals surface area contributed by atoms with Crippen molar-refractivity contribution >= 4 is 21.6 Å². The molecule has 0 fully saturated rings. The van der Waals surface area contributed by atoms with Gasteiger partial charge in [0.2, 0.25) is 0 Å². The van der Waals surface area contributed by atoms with E-state index in [2.05, 4.69) is 21.2 Å². The smallest absolute Gasteiger partial charge is 0.142 e. The highest BCUT2D eigenvalue weighted by Crippen LogP contribution is 2.32. The average molecular weight is 338 g/mol. The van der Waals surface area contributed by atoms with Crippen LogP contribution in [0.3, 0.4) is 0 Å². The predicted molar refractivity (Wildman–Crippen MR) is 82.5 cm³/mol. The maximum atomic E-state index is 9.53. The second kappa shape index (κ2) is 6.05. The van der Waals surface area contributed by atoms with Crippen LogP contribution in [-0.4, -0.2) is 17.3 Å². The Kier molecular flexibility index (Phi) is 4.39. The number of anilines is 1. The molecule has 0 saturated heterocycles. The second-order valence-electron chi connectivity index (χ2n) is 4.49. The molecular weight excluding hydrogens is 322 g/mol. The number of ether oxygens (including phenoxy) is 1. The van der Waals surface area contributed by atoms with Crippen molar-refractivity contribution in [2.75, 3.05) is 12.4 Å². The number of benzene rings is 2. The molecule has 0 bridgehead atoms. The number of hydrogen-bond acceptors (Lipinski definition) is 4. The fraction of sp³-hybridized carbons (Fsp3) is 0.200. The van der Waals surface area contributed by atoms with Crippen molar-refractivity contribution in [1.82, 2.24) is 0 Å². The molecule has 20 heavy (non-hydrogen) atoms. The molecule has 5 heteroatoms. The zero-order chi connectivity index (χ0) is 14.7. The summed E-state index contributed by atoms with van der Waals surface area (Å²) in [6, 6.07) is 10.1. The number of hydrogen-bond donors (Lipinski definition) is 3. The molecular formula is C15H16BrNO3. The quantitative estimate of drug-likeness (QED) is 0.787. The van der Waals surface area contributed by atoms with Crippen LogP contribution in [0.5, 0.6) is 17.2 Å². The van der Waals surface area contributed by atoms with Gasteiger partial charge in [0.25, 0.3) is 0 Å². The van der Waals surface area contributed by atoms with Crippen molar-refractivity contribution in [2.45, 2.75) is 13.0 Å². The van der Waals surface area contributed by atoms with E-state index in [1.165, 1.54) is 6.07 Å². The van der Waals surface area contributed by atoms with Crippen LogP contribution >= 0.6 is 15.9 Å². The summed E-state index contributed by atoms with van der Waals surface area (Å²) < 4.78 is 6.24. The maximum absolute atomic E-state index is 9.53. The summed E-state index contributed by atoms with van der Waals surface area (Å²) in [6.45, 7) is 1.94. The summed E-state index contributed by atoms with van der Waals surface area (Å²) in [5.74, 6) is 0.800. The number of aromatic hydroxyl groups is 2. The standard InChI is InChI=1S/C15H16BrNO3/c1-9(10-5-12(18)8-13(19)6-10)17-14-7-11(16)3-4-15(14)20-2/h3-9,17-19H,1-2H3. The van der Waals surface area contributed by atoms with E-state index in [9.17, 15) is 10.2 Å². The van der Waals surface area contributed by atoms with Crippen molar-refractivity contribution in [3.8, 4) is 17.2 Å². The Balaban J connectivity index is 2.27. The van der Waals surface area contributed by atoms with Crippen LogP contribution in [0.4, 0.5) is 5.69 Å². The van der Waals surface area contributed by atoms with Crippen LogP contribution in [0.15, 0.2) is 40.9 Å². The Morgan fingerprint density at radius 2 is 1.75 bits per heavy atom. The minimum absolute atomic E-state index is 0.0369. The summed E-state index contributed by atoms with van der Waals surface area (Å²) >= 11 is 3.42. The van der Waals surface area contributed by atoms with Crippen LogP contribution in [0, 0.1) is 0 Å². The number of methoxy groups -OCH3 is 1. The number of rotatable bonds is 4. The van der Waals surface area contributed by atoms with Gasteiger partial charge in [-0.1, -0.05) is 15.9 Å². The average Bonchev–Trinajstić information content (AvgIpc) is 2.37. The van der Waals surface area contributed by atoms with Gasteiger partial charge in [-0.3, -0.25) is 0 Å². The first-order valence-electron chi connectivity index (χ1n) is 6.12. The van der Waals surface area contributed by atoms with Crippen molar-refractivity contribution in [1.29, 1.82) is 0 Å². The van der Waals surface area contributed by atoms with Gasteiger partial charge in [-0.15, -0.1) is 0 Å². The van der Waals surface area contributed by atoms with E-state index in [1.54, 1.807) is 19.2 Å². The van der Waals surface area contributed by atoms with Gasteiger partial charge in [0.05, 0.1) is 12.8 Å². The molecule has 1 atom stereocenters. The van der Waals surface area contributed by atoms with Gasteiger partial charge in [0.1, 0.15) is 17.2 Å². The first-order valence-corrected chi connectivity index (χ1v) is 6.92. The Labute approximate surface area is 126 Å². The molecule has 3 N–H and O–H groups in total. The van der Waals surface area contributed by atoms with E-state index in [-0.39, 0.29) is 17.5 Å². The third-order valence-electron chi connectivity index (χ3n) is 2.96. The predicted octanol–water partition coefficient (Wildman–Crippen LogP) is 4.04. The van der Waals surface area contributed by atoms with Gasteiger partial charge in [-0.25, -0.2) is 0 Å². The van der Waals surface area contributed by atoms with Gasteiger partial charge in [-0.2, -0.15) is 0 Å². The Morgan fingerprint density at radius 3 is 2.35 bits per heavy atom. The van der Waals surface area contributed by atoms with Crippen LogP contribution in [0.2, 0.25) is 0 Å². The monoisotopic (exact) mass is 337 g/mol. The first-order chi connectivity index (χ1) is 9.49. The molecule has 2 aromatic rings. The van der Waals surface area contributed by atoms with E-state index in [0.29, 0.717) is 0 Å². The van der Waals surface area contributed by atoms with E-state index in [1.807, 2.05) is 25.1 Å². The third-order valence-corrected chi connectivity index (χ3v) is 3.45. The number of halogens is 1. The molecule has 2 aromatic carbocycles. The lowest BCUT2D eigenvalue weighted by Gasteiger charge is -2.18. The maximum Gasteiger partial charge on any atom is 0.142 e. The molecule has 0 aliphatic heterocycles. The highest BCUT2D eigenvalue weighted by Gasteiger charge is 2.11. The molecule has 0 spiro atoms.